The van der Waals surface area contributed by atoms with E-state index in [-0.39, 0.29) is 16.9 Å². The first kappa shape index (κ1) is 16.4. The molecule has 2 N–H and O–H groups in total. The van der Waals surface area contributed by atoms with Crippen LogP contribution in [-0.4, -0.2) is 26.0 Å². The smallest absolute Gasteiger partial charge is 0.331 e. The van der Waals surface area contributed by atoms with Crippen molar-refractivity contribution in [3.8, 4) is 0 Å². The van der Waals surface area contributed by atoms with Crippen LogP contribution in [0, 0.1) is 0 Å². The predicted octanol–water partition coefficient (Wildman–Crippen LogP) is 1.95. The minimum atomic E-state index is -3.62. The SMILES string of the molecule is C=C(Cc1ccccc1S(=O)(=O)NCCCC)C(=O)O. The maximum Gasteiger partial charge on any atom is 0.331 e. The van der Waals surface area contributed by atoms with Gasteiger partial charge in [0.25, 0.3) is 0 Å². The Balaban J connectivity index is 3.00. The number of unbranched alkanes of at least 4 members (excludes halogenated alkanes) is 1. The van der Waals surface area contributed by atoms with Gasteiger partial charge < -0.3 is 5.11 Å². The highest BCUT2D eigenvalue weighted by atomic mass is 32.2. The third-order valence-electron chi connectivity index (χ3n) is 2.79. The zero-order valence-corrected chi connectivity index (χ0v) is 12.2. The molecule has 0 fully saturated rings. The van der Waals surface area contributed by atoms with Gasteiger partial charge in [0.2, 0.25) is 10.0 Å². The molecule has 20 heavy (non-hydrogen) atoms. The summed E-state index contributed by atoms with van der Waals surface area (Å²) >= 11 is 0. The van der Waals surface area contributed by atoms with Gasteiger partial charge in [-0.1, -0.05) is 38.1 Å². The van der Waals surface area contributed by atoms with Crippen molar-refractivity contribution >= 4 is 16.0 Å². The number of sulfonamides is 1. The number of hydrogen-bond donors (Lipinski definition) is 2. The summed E-state index contributed by atoms with van der Waals surface area (Å²) in [5, 5.41) is 8.85. The average Bonchev–Trinajstić information content (AvgIpc) is 2.39. The number of benzene rings is 1. The van der Waals surface area contributed by atoms with Gasteiger partial charge in [0, 0.05) is 18.5 Å². The van der Waals surface area contributed by atoms with E-state index in [9.17, 15) is 13.2 Å². The van der Waals surface area contributed by atoms with Gasteiger partial charge in [0.15, 0.2) is 0 Å². The van der Waals surface area contributed by atoms with E-state index in [4.69, 9.17) is 5.11 Å². The molecule has 0 aromatic heterocycles. The molecule has 1 rings (SSSR count). The summed E-state index contributed by atoms with van der Waals surface area (Å²) in [6.45, 7) is 5.77. The average molecular weight is 297 g/mol. The van der Waals surface area contributed by atoms with Crippen LogP contribution in [0.25, 0.3) is 0 Å². The first-order chi connectivity index (χ1) is 9.38. The number of hydrogen-bond acceptors (Lipinski definition) is 3. The number of carboxylic acids is 1. The van der Waals surface area contributed by atoms with Crippen LogP contribution in [0.4, 0.5) is 0 Å². The summed E-state index contributed by atoms with van der Waals surface area (Å²) in [6.07, 6.45) is 1.64. The lowest BCUT2D eigenvalue weighted by molar-refractivity contribution is -0.132. The van der Waals surface area contributed by atoms with Gasteiger partial charge in [0.05, 0.1) is 4.90 Å². The van der Waals surface area contributed by atoms with E-state index >= 15 is 0 Å². The molecular formula is C14H19NO4S. The molecule has 1 aromatic carbocycles. The molecular weight excluding hydrogens is 278 g/mol. The fourth-order valence-corrected chi connectivity index (χ4v) is 2.99. The van der Waals surface area contributed by atoms with Gasteiger partial charge in [0.1, 0.15) is 0 Å². The molecule has 0 unspecified atom stereocenters. The molecule has 0 aliphatic rings. The maximum absolute atomic E-state index is 12.2. The van der Waals surface area contributed by atoms with Crippen molar-refractivity contribution in [3.63, 3.8) is 0 Å². The monoisotopic (exact) mass is 297 g/mol. The molecule has 0 atom stereocenters. The Hall–Kier alpha value is -1.66. The summed E-state index contributed by atoms with van der Waals surface area (Å²) in [4.78, 5) is 10.9. The van der Waals surface area contributed by atoms with Crippen molar-refractivity contribution in [1.82, 2.24) is 4.72 Å². The molecule has 6 heteroatoms. The quantitative estimate of drug-likeness (QED) is 0.567. The van der Waals surface area contributed by atoms with E-state index in [1.165, 1.54) is 6.07 Å². The highest BCUT2D eigenvalue weighted by Gasteiger charge is 2.18. The van der Waals surface area contributed by atoms with E-state index in [2.05, 4.69) is 11.3 Å². The Kier molecular flexibility index (Phi) is 5.91. The van der Waals surface area contributed by atoms with E-state index in [1.807, 2.05) is 6.92 Å². The second-order valence-electron chi connectivity index (χ2n) is 4.44. The number of nitrogens with one attached hydrogen (secondary N) is 1. The lowest BCUT2D eigenvalue weighted by Crippen LogP contribution is -2.26. The van der Waals surface area contributed by atoms with Gasteiger partial charge in [-0.05, 0) is 18.1 Å². The molecule has 0 bridgehead atoms. The molecule has 0 saturated carbocycles. The van der Waals surface area contributed by atoms with Crippen molar-refractivity contribution < 1.29 is 18.3 Å². The first-order valence-corrected chi connectivity index (χ1v) is 7.85. The van der Waals surface area contributed by atoms with Crippen molar-refractivity contribution in [3.05, 3.63) is 42.0 Å². The van der Waals surface area contributed by atoms with Crippen LogP contribution in [0.3, 0.4) is 0 Å². The molecule has 0 amide bonds. The molecule has 0 heterocycles. The number of rotatable bonds is 8. The lowest BCUT2D eigenvalue weighted by atomic mass is 10.1. The highest BCUT2D eigenvalue weighted by molar-refractivity contribution is 7.89. The fourth-order valence-electron chi connectivity index (χ4n) is 1.68. The summed E-state index contributed by atoms with van der Waals surface area (Å²) < 4.78 is 26.9. The lowest BCUT2D eigenvalue weighted by Gasteiger charge is -2.11. The Bertz CT molecular complexity index is 593. The topological polar surface area (TPSA) is 83.5 Å². The van der Waals surface area contributed by atoms with Gasteiger partial charge in [-0.15, -0.1) is 0 Å². The standard InChI is InChI=1S/C14H19NO4S/c1-3-4-9-15-20(18,19)13-8-6-5-7-12(13)10-11(2)14(16)17/h5-8,15H,2-4,9-10H2,1H3,(H,16,17). The molecule has 5 nitrogen and oxygen atoms in total. The zero-order chi connectivity index (χ0) is 15.2. The van der Waals surface area contributed by atoms with Crippen LogP contribution >= 0.6 is 0 Å². The normalized spacial score (nSPS) is 11.2. The van der Waals surface area contributed by atoms with Crippen LogP contribution in [-0.2, 0) is 21.2 Å². The Morgan fingerprint density at radius 3 is 2.60 bits per heavy atom. The van der Waals surface area contributed by atoms with E-state index in [1.54, 1.807) is 18.2 Å². The number of aliphatic carboxylic acids is 1. The second-order valence-corrected chi connectivity index (χ2v) is 6.18. The molecule has 0 aliphatic heterocycles. The number of carboxylic acid groups (broad SMARTS) is 1. The van der Waals surface area contributed by atoms with E-state index in [0.717, 1.165) is 12.8 Å². The van der Waals surface area contributed by atoms with Crippen LogP contribution < -0.4 is 4.72 Å². The van der Waals surface area contributed by atoms with Gasteiger partial charge in [-0.2, -0.15) is 0 Å². The number of carbonyl (C=O) groups is 1. The molecule has 0 aliphatic carbocycles. The van der Waals surface area contributed by atoms with Gasteiger partial charge >= 0.3 is 5.97 Å². The Labute approximate surface area is 119 Å². The van der Waals surface area contributed by atoms with Crippen molar-refractivity contribution in [2.24, 2.45) is 0 Å². The predicted molar refractivity (Wildman–Crippen MR) is 77.0 cm³/mol. The van der Waals surface area contributed by atoms with Crippen molar-refractivity contribution in [2.45, 2.75) is 31.1 Å². The van der Waals surface area contributed by atoms with Crippen LogP contribution in [0.5, 0.6) is 0 Å². The van der Waals surface area contributed by atoms with Crippen LogP contribution in [0.2, 0.25) is 0 Å². The Morgan fingerprint density at radius 2 is 2.00 bits per heavy atom. The minimum Gasteiger partial charge on any atom is -0.478 e. The van der Waals surface area contributed by atoms with Crippen molar-refractivity contribution in [1.29, 1.82) is 0 Å². The molecule has 1 aromatic rings. The molecule has 0 radical (unpaired) electrons. The second kappa shape index (κ2) is 7.21. The Morgan fingerprint density at radius 1 is 1.35 bits per heavy atom. The first-order valence-electron chi connectivity index (χ1n) is 6.37. The van der Waals surface area contributed by atoms with Crippen LogP contribution in [0.15, 0.2) is 41.3 Å². The maximum atomic E-state index is 12.2. The largest absolute Gasteiger partial charge is 0.478 e. The molecule has 0 saturated heterocycles. The summed E-state index contributed by atoms with van der Waals surface area (Å²) in [7, 11) is -3.62. The van der Waals surface area contributed by atoms with Gasteiger partial charge in [-0.25, -0.2) is 17.9 Å². The van der Waals surface area contributed by atoms with Crippen LogP contribution in [0.1, 0.15) is 25.3 Å². The summed E-state index contributed by atoms with van der Waals surface area (Å²) in [5.41, 5.74) is 0.394. The fraction of sp³-hybridized carbons (Fsp3) is 0.357. The molecule has 110 valence electrons. The summed E-state index contributed by atoms with van der Waals surface area (Å²) in [6, 6.07) is 6.36. The summed E-state index contributed by atoms with van der Waals surface area (Å²) in [5.74, 6) is -1.13. The highest BCUT2D eigenvalue weighted by Crippen LogP contribution is 2.18. The molecule has 0 spiro atoms. The third kappa shape index (κ3) is 4.47. The van der Waals surface area contributed by atoms with Crippen molar-refractivity contribution in [2.75, 3.05) is 6.54 Å². The minimum absolute atomic E-state index is 0.000193. The van der Waals surface area contributed by atoms with E-state index in [0.29, 0.717) is 12.1 Å². The zero-order valence-electron chi connectivity index (χ0n) is 11.4. The van der Waals surface area contributed by atoms with E-state index < -0.39 is 16.0 Å². The third-order valence-corrected chi connectivity index (χ3v) is 4.35. The van der Waals surface area contributed by atoms with Gasteiger partial charge in [-0.3, -0.25) is 0 Å².